The van der Waals surface area contributed by atoms with Crippen molar-refractivity contribution in [2.45, 2.75) is 142 Å². The zero-order chi connectivity index (χ0) is 38.2. The van der Waals surface area contributed by atoms with Gasteiger partial charge in [0.2, 0.25) is 23.5 Å². The fourth-order valence-electron chi connectivity index (χ4n) is 6.75. The molecular formula is C38H63N7O6. The Morgan fingerprint density at radius 3 is 2.04 bits per heavy atom. The van der Waals surface area contributed by atoms with Gasteiger partial charge in [0.05, 0.1) is 6.04 Å². The van der Waals surface area contributed by atoms with E-state index in [1.165, 1.54) is 4.90 Å². The minimum Gasteiger partial charge on any atom is -0.363 e. The third-order valence-electron chi connectivity index (χ3n) is 9.69. The number of urea groups is 1. The minimum absolute atomic E-state index is 0.232. The highest BCUT2D eigenvalue weighted by molar-refractivity contribution is 6.37. The van der Waals surface area contributed by atoms with Gasteiger partial charge in [0, 0.05) is 13.1 Å². The van der Waals surface area contributed by atoms with Crippen molar-refractivity contribution in [3.05, 3.63) is 35.9 Å². The number of likely N-dealkylation sites (tertiary alicyclic amines) is 1. The number of amides is 6. The lowest BCUT2D eigenvalue weighted by molar-refractivity contribution is -0.143. The monoisotopic (exact) mass is 713 g/mol. The second-order valence-electron chi connectivity index (χ2n) is 14.6. The number of nitrogens with one attached hydrogen (secondary N) is 4. The van der Waals surface area contributed by atoms with Gasteiger partial charge in [-0.2, -0.15) is 0 Å². The van der Waals surface area contributed by atoms with E-state index in [9.17, 15) is 28.8 Å². The Kier molecular flexibility index (Phi) is 17.6. The van der Waals surface area contributed by atoms with Crippen LogP contribution in [0.15, 0.2) is 30.3 Å². The maximum Gasteiger partial charge on any atom is 0.316 e. The maximum atomic E-state index is 14.1. The molecule has 4 rings (SSSR count). The first kappa shape index (κ1) is 43.2. The molecule has 3 aliphatic rings. The van der Waals surface area contributed by atoms with E-state index in [2.05, 4.69) is 21.3 Å². The number of benzene rings is 1. The smallest absolute Gasteiger partial charge is 0.316 e. The van der Waals surface area contributed by atoms with Gasteiger partial charge >= 0.3 is 6.03 Å². The summed E-state index contributed by atoms with van der Waals surface area (Å²) in [5.74, 6) is -2.91. The predicted molar refractivity (Wildman–Crippen MR) is 198 cm³/mol. The summed E-state index contributed by atoms with van der Waals surface area (Å²) < 4.78 is 0. The molecule has 13 nitrogen and oxygen atoms in total. The van der Waals surface area contributed by atoms with Crippen molar-refractivity contribution < 1.29 is 28.8 Å². The van der Waals surface area contributed by atoms with Gasteiger partial charge in [-0.05, 0) is 55.5 Å². The van der Waals surface area contributed by atoms with Crippen LogP contribution in [0.4, 0.5) is 4.79 Å². The highest BCUT2D eigenvalue weighted by Crippen LogP contribution is 2.32. The summed E-state index contributed by atoms with van der Waals surface area (Å²) in [6, 6.07) is 6.01. The van der Waals surface area contributed by atoms with Crippen molar-refractivity contribution in [1.29, 1.82) is 0 Å². The van der Waals surface area contributed by atoms with Crippen LogP contribution >= 0.6 is 0 Å². The number of nitrogens with zero attached hydrogens (tertiary/aromatic N) is 1. The number of rotatable bonds is 12. The van der Waals surface area contributed by atoms with E-state index < -0.39 is 58.6 Å². The van der Waals surface area contributed by atoms with Crippen LogP contribution in [-0.4, -0.2) is 77.1 Å². The van der Waals surface area contributed by atoms with Crippen LogP contribution in [0.25, 0.3) is 0 Å². The minimum atomic E-state index is -1.11. The van der Waals surface area contributed by atoms with Gasteiger partial charge in [0.1, 0.15) is 17.6 Å². The molecule has 1 aromatic rings. The Bertz CT molecular complexity index is 1310. The van der Waals surface area contributed by atoms with Crippen LogP contribution in [0.1, 0.15) is 118 Å². The molecule has 2 unspecified atom stereocenters. The molecule has 0 spiro atoms. The van der Waals surface area contributed by atoms with E-state index in [1.807, 2.05) is 71.9 Å². The lowest BCUT2D eigenvalue weighted by Crippen LogP contribution is -2.65. The van der Waals surface area contributed by atoms with E-state index >= 15 is 0 Å². The number of ketones is 1. The predicted octanol–water partition coefficient (Wildman–Crippen LogP) is 3.43. The topological polar surface area (TPSA) is 206 Å². The molecule has 2 aliphatic carbocycles. The largest absolute Gasteiger partial charge is 0.363 e. The average molecular weight is 714 g/mol. The van der Waals surface area contributed by atoms with E-state index in [0.717, 1.165) is 50.6 Å². The van der Waals surface area contributed by atoms with Gasteiger partial charge in [-0.3, -0.25) is 24.0 Å². The Labute approximate surface area is 304 Å². The van der Waals surface area contributed by atoms with Crippen molar-refractivity contribution in [3.8, 4) is 0 Å². The molecular weight excluding hydrogens is 650 g/mol. The zero-order valence-electron chi connectivity index (χ0n) is 31.6. The van der Waals surface area contributed by atoms with Crippen molar-refractivity contribution in [2.24, 2.45) is 22.8 Å². The molecule has 286 valence electrons. The number of hydrogen-bond acceptors (Lipinski definition) is 7. The molecule has 0 radical (unpaired) electrons. The second-order valence-corrected chi connectivity index (χ2v) is 14.6. The van der Waals surface area contributed by atoms with Gasteiger partial charge in [0.15, 0.2) is 0 Å². The van der Waals surface area contributed by atoms with Gasteiger partial charge in [-0.25, -0.2) is 4.79 Å². The number of hydrogen-bond donors (Lipinski definition) is 6. The van der Waals surface area contributed by atoms with Crippen molar-refractivity contribution in [3.63, 3.8) is 0 Å². The average Bonchev–Trinajstić information content (AvgIpc) is 3.58. The van der Waals surface area contributed by atoms with Crippen LogP contribution in [-0.2, 0) is 30.5 Å². The van der Waals surface area contributed by atoms with E-state index in [-0.39, 0.29) is 11.8 Å². The van der Waals surface area contributed by atoms with Crippen LogP contribution < -0.4 is 32.7 Å². The number of carbonyl (C=O) groups excluding carboxylic acids is 6. The number of Topliss-reactive ketones (excluding diaryl/α,β-unsaturated/α-hetero) is 1. The number of carbonyl (C=O) groups is 6. The zero-order valence-corrected chi connectivity index (χ0v) is 31.6. The molecule has 13 heteroatoms. The van der Waals surface area contributed by atoms with Gasteiger partial charge < -0.3 is 37.6 Å². The summed E-state index contributed by atoms with van der Waals surface area (Å²) in [5.41, 5.74) is 9.22. The van der Waals surface area contributed by atoms with Crippen molar-refractivity contribution >= 4 is 35.4 Å². The summed E-state index contributed by atoms with van der Waals surface area (Å²) in [5, 5.41) is 11.5. The lowest BCUT2D eigenvalue weighted by Gasteiger charge is -2.39. The Hall–Kier alpha value is -4.00. The molecule has 1 heterocycles. The molecule has 0 aromatic heterocycles. The number of nitrogens with two attached hydrogens (primary N) is 2. The second kappa shape index (κ2) is 20.8. The molecule has 3 atom stereocenters. The molecule has 1 saturated heterocycles. The molecule has 1 aromatic carbocycles. The van der Waals surface area contributed by atoms with E-state index in [4.69, 9.17) is 11.5 Å². The Balaban J connectivity index is 0.00000171. The molecule has 0 bridgehead atoms. The highest BCUT2D eigenvalue weighted by atomic mass is 16.2. The molecule has 3 fully saturated rings. The standard InChI is InChI=1S/C34H50N6O6.C2H7N.C2H6/c1-33(2,3)27(38-32(46)39-34(17-8-5-9-18-34)31(45)36-21-23-12-6-4-7-13-23)30(44)40-19-11-16-25(40)29(43)37-24(26(41)28(35)42)20-22-14-10-15-22;1-2-3;1-2/h4,6-7,12-13,22,24-25,27H,5,8-11,14-21H2,1-3H3,(H2,35,42)(H,36,45)(H,37,43)(H2,38,39,46);2-3H2,1H3;1-2H3/t24?,25-,27?;;/m0../s1. The first-order valence-corrected chi connectivity index (χ1v) is 18.8. The quantitative estimate of drug-likeness (QED) is 0.178. The van der Waals surface area contributed by atoms with Gasteiger partial charge in [-0.15, -0.1) is 0 Å². The van der Waals surface area contributed by atoms with E-state index in [1.54, 1.807) is 0 Å². The van der Waals surface area contributed by atoms with Crippen LogP contribution in [0.3, 0.4) is 0 Å². The van der Waals surface area contributed by atoms with Crippen molar-refractivity contribution in [1.82, 2.24) is 26.2 Å². The summed E-state index contributed by atoms with van der Waals surface area (Å²) in [6.07, 6.45) is 7.65. The maximum absolute atomic E-state index is 14.1. The van der Waals surface area contributed by atoms with Crippen LogP contribution in [0.2, 0.25) is 0 Å². The molecule has 2 saturated carbocycles. The van der Waals surface area contributed by atoms with Crippen molar-refractivity contribution in [2.75, 3.05) is 13.1 Å². The summed E-state index contributed by atoms with van der Waals surface area (Å²) in [4.78, 5) is 80.3. The Morgan fingerprint density at radius 2 is 1.51 bits per heavy atom. The summed E-state index contributed by atoms with van der Waals surface area (Å²) in [6.45, 7) is 12.8. The SMILES string of the molecule is CC.CC(C)(C)C(NC(=O)NC1(C(=O)NCc2ccccc2)CCCCC1)C(=O)N1CCC[C@H]1C(=O)NC(CC1CCC1)C(=O)C(N)=O.CCN. The highest BCUT2D eigenvalue weighted by Gasteiger charge is 2.45. The fraction of sp³-hybridized carbons (Fsp3) is 0.684. The molecule has 1 aliphatic heterocycles. The molecule has 8 N–H and O–H groups in total. The third-order valence-corrected chi connectivity index (χ3v) is 9.69. The first-order valence-electron chi connectivity index (χ1n) is 18.8. The summed E-state index contributed by atoms with van der Waals surface area (Å²) >= 11 is 0. The van der Waals surface area contributed by atoms with Gasteiger partial charge in [0.25, 0.3) is 5.91 Å². The number of primary amides is 1. The van der Waals surface area contributed by atoms with Gasteiger partial charge in [-0.1, -0.05) is 110 Å². The molecule has 6 amide bonds. The fourth-order valence-corrected chi connectivity index (χ4v) is 6.75. The van der Waals surface area contributed by atoms with Crippen LogP contribution in [0.5, 0.6) is 0 Å². The van der Waals surface area contributed by atoms with E-state index in [0.29, 0.717) is 45.2 Å². The normalized spacial score (nSPS) is 19.3. The lowest BCUT2D eigenvalue weighted by atomic mass is 9.80. The first-order chi connectivity index (χ1) is 24.2. The third kappa shape index (κ3) is 12.6. The van der Waals surface area contributed by atoms with Crippen LogP contribution in [0, 0.1) is 11.3 Å². The Morgan fingerprint density at radius 1 is 0.902 bits per heavy atom. The molecule has 51 heavy (non-hydrogen) atoms. The summed E-state index contributed by atoms with van der Waals surface area (Å²) in [7, 11) is 0.